The summed E-state index contributed by atoms with van der Waals surface area (Å²) in [6.07, 6.45) is 2.52. The van der Waals surface area contributed by atoms with E-state index in [9.17, 15) is 9.59 Å². The predicted molar refractivity (Wildman–Crippen MR) is 96.0 cm³/mol. The Kier molecular flexibility index (Phi) is 3.54. The van der Waals surface area contributed by atoms with Crippen LogP contribution in [0.1, 0.15) is 30.8 Å². The molecule has 1 saturated heterocycles. The van der Waals surface area contributed by atoms with Gasteiger partial charge in [-0.25, -0.2) is 0 Å². The average Bonchev–Trinajstić information content (AvgIpc) is 3.07. The van der Waals surface area contributed by atoms with Crippen LogP contribution in [-0.4, -0.2) is 34.8 Å². The number of allylic oxidation sites excluding steroid dienone is 1. The molecule has 1 aromatic carbocycles. The number of nitrogens with two attached hydrogens (primary N) is 1. The SMILES string of the molecule is CC1(C)CC2(C=C(N)C1=O)CN(C(=O)c1cc(-c3ccccc3)no1)C2. The molecule has 0 radical (unpaired) electrons. The van der Waals surface area contributed by atoms with E-state index in [0.29, 0.717) is 30.9 Å². The van der Waals surface area contributed by atoms with E-state index in [0.717, 1.165) is 5.56 Å². The second-order valence-corrected chi connectivity index (χ2v) is 7.96. The van der Waals surface area contributed by atoms with Crippen LogP contribution in [0.4, 0.5) is 0 Å². The molecule has 1 aliphatic heterocycles. The highest BCUT2D eigenvalue weighted by molar-refractivity contribution is 6.00. The van der Waals surface area contributed by atoms with Crippen molar-refractivity contribution in [1.82, 2.24) is 10.1 Å². The van der Waals surface area contributed by atoms with Gasteiger partial charge in [0.15, 0.2) is 5.78 Å². The van der Waals surface area contributed by atoms with Gasteiger partial charge in [0, 0.05) is 35.5 Å². The molecule has 2 N–H and O–H groups in total. The number of aromatic nitrogens is 1. The van der Waals surface area contributed by atoms with Crippen LogP contribution in [0.5, 0.6) is 0 Å². The van der Waals surface area contributed by atoms with Crippen molar-refractivity contribution in [3.05, 3.63) is 53.9 Å². The summed E-state index contributed by atoms with van der Waals surface area (Å²) in [6.45, 7) is 4.88. The summed E-state index contributed by atoms with van der Waals surface area (Å²) < 4.78 is 5.26. The lowest BCUT2D eigenvalue weighted by Gasteiger charge is -2.53. The van der Waals surface area contributed by atoms with Crippen molar-refractivity contribution in [2.45, 2.75) is 20.3 Å². The number of carbonyl (C=O) groups excluding carboxylic acids is 2. The minimum absolute atomic E-state index is 0.0179. The highest BCUT2D eigenvalue weighted by Gasteiger charge is 2.52. The molecular formula is C20H21N3O3. The number of hydrogen-bond donors (Lipinski definition) is 1. The molecule has 0 bridgehead atoms. The first-order valence-electron chi connectivity index (χ1n) is 8.64. The van der Waals surface area contributed by atoms with Crippen molar-refractivity contribution in [2.24, 2.45) is 16.6 Å². The molecule has 2 aliphatic rings. The molecule has 1 spiro atoms. The Morgan fingerprint density at radius 2 is 1.92 bits per heavy atom. The Bertz CT molecular complexity index is 905. The quantitative estimate of drug-likeness (QED) is 0.898. The van der Waals surface area contributed by atoms with Gasteiger partial charge in [0.25, 0.3) is 5.91 Å². The number of benzene rings is 1. The van der Waals surface area contributed by atoms with Gasteiger partial charge in [-0.2, -0.15) is 0 Å². The fourth-order valence-corrected chi connectivity index (χ4v) is 4.14. The highest BCUT2D eigenvalue weighted by atomic mass is 16.5. The number of rotatable bonds is 2. The molecular weight excluding hydrogens is 330 g/mol. The third-order valence-corrected chi connectivity index (χ3v) is 5.22. The van der Waals surface area contributed by atoms with E-state index in [1.54, 1.807) is 11.0 Å². The van der Waals surface area contributed by atoms with E-state index in [4.69, 9.17) is 10.3 Å². The van der Waals surface area contributed by atoms with Crippen molar-refractivity contribution in [3.8, 4) is 11.3 Å². The van der Waals surface area contributed by atoms with Crippen molar-refractivity contribution in [3.63, 3.8) is 0 Å². The van der Waals surface area contributed by atoms with Crippen LogP contribution in [0, 0.1) is 10.8 Å². The van der Waals surface area contributed by atoms with Gasteiger partial charge in [0.2, 0.25) is 5.76 Å². The van der Waals surface area contributed by atoms with Crippen LogP contribution in [0.15, 0.2) is 52.7 Å². The van der Waals surface area contributed by atoms with Gasteiger partial charge in [-0.3, -0.25) is 9.59 Å². The first-order chi connectivity index (χ1) is 12.3. The number of carbonyl (C=O) groups is 2. The van der Waals surface area contributed by atoms with Gasteiger partial charge in [0.05, 0.1) is 5.70 Å². The predicted octanol–water partition coefficient (Wildman–Crippen LogP) is 2.63. The fraction of sp³-hybridized carbons (Fsp3) is 0.350. The molecule has 2 heterocycles. The Morgan fingerprint density at radius 1 is 1.23 bits per heavy atom. The average molecular weight is 351 g/mol. The summed E-state index contributed by atoms with van der Waals surface area (Å²) in [7, 11) is 0. The largest absolute Gasteiger partial charge is 0.396 e. The number of ketones is 1. The van der Waals surface area contributed by atoms with E-state index in [-0.39, 0.29) is 22.9 Å². The second kappa shape index (κ2) is 5.56. The molecule has 4 rings (SSSR count). The first kappa shape index (κ1) is 16.6. The maximum Gasteiger partial charge on any atom is 0.292 e. The number of nitrogens with zero attached hydrogens (tertiary/aromatic N) is 2. The second-order valence-electron chi connectivity index (χ2n) is 7.96. The number of Topliss-reactive ketones (excluding diaryl/α,β-unsaturated/α-hetero) is 1. The molecule has 0 unspecified atom stereocenters. The van der Waals surface area contributed by atoms with E-state index in [1.165, 1.54) is 0 Å². The van der Waals surface area contributed by atoms with Crippen LogP contribution in [0.2, 0.25) is 0 Å². The zero-order chi connectivity index (χ0) is 18.5. The zero-order valence-corrected chi connectivity index (χ0v) is 14.9. The first-order valence-corrected chi connectivity index (χ1v) is 8.64. The van der Waals surface area contributed by atoms with Crippen LogP contribution >= 0.6 is 0 Å². The van der Waals surface area contributed by atoms with Crippen LogP contribution in [-0.2, 0) is 4.79 Å². The molecule has 1 fully saturated rings. The highest BCUT2D eigenvalue weighted by Crippen LogP contribution is 2.47. The molecule has 0 atom stereocenters. The molecule has 26 heavy (non-hydrogen) atoms. The number of likely N-dealkylation sites (tertiary alicyclic amines) is 1. The number of amides is 1. The van der Waals surface area contributed by atoms with Crippen molar-refractivity contribution in [2.75, 3.05) is 13.1 Å². The van der Waals surface area contributed by atoms with Crippen LogP contribution < -0.4 is 5.73 Å². The third kappa shape index (κ3) is 2.62. The van der Waals surface area contributed by atoms with Crippen molar-refractivity contribution < 1.29 is 14.1 Å². The van der Waals surface area contributed by atoms with Gasteiger partial charge >= 0.3 is 0 Å². The molecule has 6 heteroatoms. The zero-order valence-electron chi connectivity index (χ0n) is 14.9. The Balaban J connectivity index is 1.49. The molecule has 6 nitrogen and oxygen atoms in total. The van der Waals surface area contributed by atoms with E-state index >= 15 is 0 Å². The summed E-state index contributed by atoms with van der Waals surface area (Å²) in [5, 5.41) is 4.00. The van der Waals surface area contributed by atoms with E-state index < -0.39 is 5.41 Å². The van der Waals surface area contributed by atoms with Crippen LogP contribution in [0.3, 0.4) is 0 Å². The summed E-state index contributed by atoms with van der Waals surface area (Å²) in [4.78, 5) is 26.5. The molecule has 2 aromatic rings. The van der Waals surface area contributed by atoms with Crippen LogP contribution in [0.25, 0.3) is 11.3 Å². The van der Waals surface area contributed by atoms with Gasteiger partial charge < -0.3 is 15.2 Å². The van der Waals surface area contributed by atoms with Gasteiger partial charge in [-0.1, -0.05) is 49.3 Å². The van der Waals surface area contributed by atoms with E-state index in [2.05, 4.69) is 5.16 Å². The van der Waals surface area contributed by atoms with Gasteiger partial charge in [-0.05, 0) is 12.5 Å². The topological polar surface area (TPSA) is 89.4 Å². The van der Waals surface area contributed by atoms with Gasteiger partial charge in [0.1, 0.15) is 5.69 Å². The lowest BCUT2D eigenvalue weighted by molar-refractivity contribution is -0.127. The van der Waals surface area contributed by atoms with Crippen molar-refractivity contribution in [1.29, 1.82) is 0 Å². The maximum atomic E-state index is 12.7. The third-order valence-electron chi connectivity index (χ3n) is 5.22. The smallest absolute Gasteiger partial charge is 0.292 e. The lowest BCUT2D eigenvalue weighted by atomic mass is 9.62. The molecule has 1 aromatic heterocycles. The standard InChI is InChI=1S/C20H21N3O3/c1-19(2)10-20(9-14(21)17(19)24)11-23(12-20)18(25)16-8-15(22-26-16)13-6-4-3-5-7-13/h3-9H,10-12,21H2,1-2H3. The molecule has 1 amide bonds. The summed E-state index contributed by atoms with van der Waals surface area (Å²) >= 11 is 0. The molecule has 1 aliphatic carbocycles. The maximum absolute atomic E-state index is 12.7. The fourth-order valence-electron chi connectivity index (χ4n) is 4.14. The minimum atomic E-state index is -0.499. The lowest BCUT2D eigenvalue weighted by Crippen LogP contribution is -2.61. The van der Waals surface area contributed by atoms with Gasteiger partial charge in [-0.15, -0.1) is 0 Å². The van der Waals surface area contributed by atoms with Crippen molar-refractivity contribution >= 4 is 11.7 Å². The Morgan fingerprint density at radius 3 is 2.58 bits per heavy atom. The molecule has 0 saturated carbocycles. The van der Waals surface area contributed by atoms with E-state index in [1.807, 2.05) is 50.3 Å². The Hall–Kier alpha value is -2.89. The minimum Gasteiger partial charge on any atom is -0.396 e. The molecule has 134 valence electrons. The number of hydrogen-bond acceptors (Lipinski definition) is 5. The summed E-state index contributed by atoms with van der Waals surface area (Å²) in [5.74, 6) is 0.0180. The Labute approximate surface area is 151 Å². The summed E-state index contributed by atoms with van der Waals surface area (Å²) in [5.41, 5.74) is 7.04. The normalized spacial score (nSPS) is 20.6. The summed E-state index contributed by atoms with van der Waals surface area (Å²) in [6, 6.07) is 11.2. The monoisotopic (exact) mass is 351 g/mol.